The van der Waals surface area contributed by atoms with Crippen LogP contribution in [0.4, 0.5) is 0 Å². The van der Waals surface area contributed by atoms with Gasteiger partial charge in [-0.3, -0.25) is 0 Å². The van der Waals surface area contributed by atoms with E-state index >= 15 is 0 Å². The van der Waals surface area contributed by atoms with Crippen LogP contribution in [0.5, 0.6) is 0 Å². The number of rotatable bonds is 0. The van der Waals surface area contributed by atoms with Crippen LogP contribution < -0.4 is 0 Å². The number of hydrogen-bond acceptors (Lipinski definition) is 6. The van der Waals surface area contributed by atoms with Gasteiger partial charge in [-0.25, -0.2) is 0 Å². The molecule has 0 heterocycles. The Morgan fingerprint density at radius 3 is 0.600 bits per heavy atom. The second-order valence-corrected chi connectivity index (χ2v) is 7.42. The molecule has 0 aromatic heterocycles. The molecule has 0 spiro atoms. The van der Waals surface area contributed by atoms with Crippen LogP contribution in [0.1, 0.15) is 0 Å². The first kappa shape index (κ1) is 19.1. The molecule has 0 aromatic carbocycles. The molecule has 0 aromatic rings. The Morgan fingerprint density at radius 1 is 0.467 bits per heavy atom. The topological polar surface area (TPSA) is 143 Å². The molecule has 0 N–H and O–H groups in total. The van der Waals surface area contributed by atoms with Crippen LogP contribution in [0.2, 0.25) is 0 Å². The van der Waals surface area contributed by atoms with Crippen LogP contribution in [0.25, 0.3) is 0 Å². The summed E-state index contributed by atoms with van der Waals surface area (Å²) in [5, 5.41) is 51.5. The van der Waals surface area contributed by atoms with E-state index in [9.17, 15) is 0 Å². The molecule has 0 amide bonds. The van der Waals surface area contributed by atoms with Crippen molar-refractivity contribution in [2.75, 3.05) is 0 Å². The Kier molecular flexibility index (Phi) is 5.54. The molecule has 0 radical (unpaired) electrons. The summed E-state index contributed by atoms with van der Waals surface area (Å²) in [4.78, 5) is 6.19. The zero-order chi connectivity index (χ0) is 10.7. The van der Waals surface area contributed by atoms with Gasteiger partial charge in [0.05, 0.1) is 0 Å². The first-order valence-electron chi connectivity index (χ1n) is 2.40. The van der Waals surface area contributed by atoms with E-state index in [0.717, 1.165) is 29.8 Å². The van der Waals surface area contributed by atoms with E-state index < -0.39 is 10.7 Å². The Labute approximate surface area is 106 Å². The number of nitriles is 6. The van der Waals surface area contributed by atoms with Crippen LogP contribution >= 0.6 is 0 Å². The van der Waals surface area contributed by atoms with Crippen molar-refractivity contribution in [3.63, 3.8) is 0 Å². The zero-order valence-electron chi connectivity index (χ0n) is 6.74. The summed E-state index contributed by atoms with van der Waals surface area (Å²) >= 11 is 0. The van der Waals surface area contributed by atoms with Crippen LogP contribution in [0.15, 0.2) is 0 Å². The van der Waals surface area contributed by atoms with Crippen LogP contribution in [0, 0.1) is 61.4 Å². The van der Waals surface area contributed by atoms with Gasteiger partial charge in [-0.2, -0.15) is 0 Å². The summed E-state index contributed by atoms with van der Waals surface area (Å²) in [6.07, 6.45) is 0. The maximum Gasteiger partial charge on any atom is 2.00 e. The van der Waals surface area contributed by atoms with Gasteiger partial charge in [0.2, 0.25) is 0 Å². The Bertz CT molecular complexity index is 393. The first-order valence-corrected chi connectivity index (χ1v) is 5.71. The second-order valence-electron chi connectivity index (χ2n) is 1.80. The largest absolute Gasteiger partial charge is 2.00 e. The minimum absolute atomic E-state index is 0. The molecule has 0 aliphatic rings. The molecule has 0 rings (SSSR count). The third-order valence-electron chi connectivity index (χ3n) is 1.19. The summed E-state index contributed by atoms with van der Waals surface area (Å²) in [5.74, 6) is 0. The smallest absolute Gasteiger partial charge is 2.00 e. The van der Waals surface area contributed by atoms with Gasteiger partial charge in [0.25, 0.3) is 0 Å². The molecule has 9 heteroatoms. The van der Waals surface area contributed by atoms with Crippen molar-refractivity contribution < 1.29 is 44.9 Å². The summed E-state index contributed by atoms with van der Waals surface area (Å²) in [6, 6.07) is 0. The third-order valence-corrected chi connectivity index (χ3v) is 4.89. The van der Waals surface area contributed by atoms with Gasteiger partial charge in [-0.05, 0) is 0 Å². The van der Waals surface area contributed by atoms with Gasteiger partial charge >= 0.3 is 106 Å². The minimum atomic E-state index is -6.17. The van der Waals surface area contributed by atoms with Crippen LogP contribution in [0.3, 0.4) is 0 Å². The van der Waals surface area contributed by atoms with Gasteiger partial charge in [0, 0.05) is 0 Å². The van der Waals surface area contributed by atoms with E-state index in [1.807, 2.05) is 0 Å². The molecule has 77 valence electrons. The van der Waals surface area contributed by atoms with E-state index in [4.69, 9.17) is 31.6 Å². The predicted octanol–water partition coefficient (Wildman–Crippen LogP) is 0.0932. The molecule has 0 saturated heterocycles. The normalized spacial score (nSPS) is 11.6. The van der Waals surface area contributed by atoms with Crippen molar-refractivity contribution in [2.45, 2.75) is 0 Å². The van der Waals surface area contributed by atoms with Crippen molar-refractivity contribution >= 4 is 0 Å². The summed E-state index contributed by atoms with van der Waals surface area (Å²) < 4.78 is 0. The van der Waals surface area contributed by atoms with Gasteiger partial charge in [-0.15, -0.1) is 0 Å². The van der Waals surface area contributed by atoms with Crippen molar-refractivity contribution in [3.05, 3.63) is 0 Å². The fraction of sp³-hybridized carbons (Fsp3) is 0. The summed E-state index contributed by atoms with van der Waals surface area (Å²) in [5.41, 5.74) is 0. The first-order chi connectivity index (χ1) is 5.97. The standard InChI is InChI=1S/6CN.3Fe/c6*1-2;;;/q;;;;;;-3;2*+2. The van der Waals surface area contributed by atoms with Crippen molar-refractivity contribution in [1.29, 1.82) is 31.6 Å². The summed E-state index contributed by atoms with van der Waals surface area (Å²) in [6.45, 7) is 0. The van der Waals surface area contributed by atoms with Gasteiger partial charge in [0.15, 0.2) is 0 Å². The van der Waals surface area contributed by atoms with E-state index in [1.165, 1.54) is 0 Å². The molecular weight excluding hydrogens is 324 g/mol. The van der Waals surface area contributed by atoms with Gasteiger partial charge in [0.1, 0.15) is 0 Å². The van der Waals surface area contributed by atoms with Crippen molar-refractivity contribution in [1.82, 2.24) is 0 Å². The summed E-state index contributed by atoms with van der Waals surface area (Å²) in [7, 11) is -6.17. The Morgan fingerprint density at radius 2 is 0.600 bits per heavy atom. The van der Waals surface area contributed by atoms with E-state index in [1.54, 1.807) is 0 Å². The average molecular weight is 324 g/mol. The molecule has 0 aliphatic heterocycles. The zero-order valence-corrected chi connectivity index (χ0v) is 10.1. The number of hydrogen-bond donors (Lipinski definition) is 0. The second kappa shape index (κ2) is 4.35. The molecule has 0 saturated carbocycles. The van der Waals surface area contributed by atoms with Gasteiger partial charge in [-0.1, -0.05) is 0 Å². The molecule has 0 atom stereocenters. The average Bonchev–Trinajstić information content (AvgIpc) is 2.26. The molecule has 0 unspecified atom stereocenters. The van der Waals surface area contributed by atoms with E-state index in [-0.39, 0.29) is 34.1 Å². The maximum atomic E-state index is 8.58. The van der Waals surface area contributed by atoms with Crippen molar-refractivity contribution in [2.24, 2.45) is 0 Å². The predicted molar refractivity (Wildman–Crippen MR) is 33.7 cm³/mol. The molecule has 0 fully saturated rings. The van der Waals surface area contributed by atoms with Crippen LogP contribution in [-0.2, 0) is 44.9 Å². The Balaban J connectivity index is -0.000000720. The molecular formula is C6Fe3N6+. The molecule has 0 aliphatic carbocycles. The van der Waals surface area contributed by atoms with E-state index in [2.05, 4.69) is 0 Å². The van der Waals surface area contributed by atoms with Gasteiger partial charge < -0.3 is 0 Å². The molecule has 0 bridgehead atoms. The fourth-order valence-corrected chi connectivity index (χ4v) is 1.09. The van der Waals surface area contributed by atoms with Crippen molar-refractivity contribution in [3.8, 4) is 29.8 Å². The SMILES string of the molecule is N#[C][Fe-3]([C]#N)([C]#N)([C]#N)([C]#N)[C]#N.[Fe+2].[Fe+2]. The Hall–Kier alpha value is -1.50. The third kappa shape index (κ3) is 1.70. The maximum absolute atomic E-state index is 8.58. The van der Waals surface area contributed by atoms with Crippen LogP contribution in [-0.4, -0.2) is 0 Å². The van der Waals surface area contributed by atoms with E-state index in [0.29, 0.717) is 0 Å². The fourth-order valence-electron chi connectivity index (χ4n) is 0.265. The quantitative estimate of drug-likeness (QED) is 0.578. The number of nitrogens with zero attached hydrogens (tertiary/aromatic N) is 6. The molecule has 15 heavy (non-hydrogen) atoms. The minimum Gasteiger partial charge on any atom is 2.00 e. The monoisotopic (exact) mass is 324 g/mol. The molecule has 6 nitrogen and oxygen atoms in total.